The van der Waals surface area contributed by atoms with Crippen LogP contribution in [0.3, 0.4) is 0 Å². The Kier molecular flexibility index (Phi) is 30.5. The van der Waals surface area contributed by atoms with Crippen LogP contribution in [0.4, 0.5) is 5.69 Å². The van der Waals surface area contributed by atoms with E-state index in [9.17, 15) is 43.2 Å². The number of carbonyl (C=O) groups is 11. The van der Waals surface area contributed by atoms with Crippen LogP contribution in [0.1, 0.15) is 177 Å². The highest BCUT2D eigenvalue weighted by molar-refractivity contribution is 6.38. The molecule has 6 atom stereocenters. The van der Waals surface area contributed by atoms with Gasteiger partial charge < -0.3 is 59.8 Å². The van der Waals surface area contributed by atoms with Crippen LogP contribution < -0.4 is 30.7 Å². The average Bonchev–Trinajstić information content (AvgIpc) is 1.80. The lowest BCUT2D eigenvalue weighted by Gasteiger charge is -2.36. The van der Waals surface area contributed by atoms with Gasteiger partial charge in [-0.25, -0.2) is 9.59 Å². The number of Topliss-reactive ketones (excluding diaryl/α,β-unsaturated/α-hetero) is 1. The van der Waals surface area contributed by atoms with Gasteiger partial charge in [0.05, 0.1) is 26.1 Å². The number of benzene rings is 4. The maximum absolute atomic E-state index is 15.3. The Morgan fingerprint density at radius 3 is 2.09 bits per heavy atom. The summed E-state index contributed by atoms with van der Waals surface area (Å²) in [5.41, 5.74) is 1.90. The smallest absolute Gasteiger partial charge is 0.330 e. The molecule has 0 spiro atoms. The Labute approximate surface area is 594 Å². The molecule has 4 aromatic rings. The van der Waals surface area contributed by atoms with Crippen LogP contribution in [0.25, 0.3) is 0 Å². The number of aryl methyl sites for hydroxylation is 1. The van der Waals surface area contributed by atoms with Crippen molar-refractivity contribution in [2.24, 2.45) is 11.3 Å². The summed E-state index contributed by atoms with van der Waals surface area (Å²) in [4.78, 5) is 162. The maximum atomic E-state index is 15.3. The van der Waals surface area contributed by atoms with Gasteiger partial charge in [0.15, 0.2) is 11.5 Å². The topological polar surface area (TPSA) is 286 Å². The first-order valence-corrected chi connectivity index (χ1v) is 35.7. The van der Waals surface area contributed by atoms with Gasteiger partial charge in [0.2, 0.25) is 47.1 Å². The third kappa shape index (κ3) is 23.3. The number of anilines is 1. The van der Waals surface area contributed by atoms with Gasteiger partial charge in [-0.05, 0) is 149 Å². The van der Waals surface area contributed by atoms with E-state index in [-0.39, 0.29) is 69.3 Å². The lowest BCUT2D eigenvalue weighted by Crippen LogP contribution is -2.58. The van der Waals surface area contributed by atoms with Crippen molar-refractivity contribution in [3.8, 4) is 11.5 Å². The van der Waals surface area contributed by atoms with Crippen LogP contribution >= 0.6 is 0 Å². The fourth-order valence-corrected chi connectivity index (χ4v) is 12.9. The van der Waals surface area contributed by atoms with Gasteiger partial charge in [0.25, 0.3) is 5.91 Å². The number of nitrogens with one attached hydrogen (secondary N) is 4. The third-order valence-corrected chi connectivity index (χ3v) is 18.8. The van der Waals surface area contributed by atoms with Crippen LogP contribution in [0.15, 0.2) is 109 Å². The lowest BCUT2D eigenvalue weighted by molar-refractivity contribution is -0.165. The zero-order chi connectivity index (χ0) is 73.2. The van der Waals surface area contributed by atoms with Crippen molar-refractivity contribution in [3.05, 3.63) is 137 Å². The van der Waals surface area contributed by atoms with Crippen LogP contribution in [0.2, 0.25) is 0 Å². The zero-order valence-electron chi connectivity index (χ0n) is 60.3. The number of esters is 2. The molecule has 23 nitrogen and oxygen atoms in total. The van der Waals surface area contributed by atoms with Crippen molar-refractivity contribution in [3.63, 3.8) is 0 Å². The minimum atomic E-state index is -1.48. The van der Waals surface area contributed by atoms with Gasteiger partial charge in [-0.3, -0.25) is 43.2 Å². The number of piperidine rings is 1. The average molecular weight is 1390 g/mol. The largest absolute Gasteiger partial charge is 0.493 e. The van der Waals surface area contributed by atoms with E-state index in [4.69, 9.17) is 18.9 Å². The summed E-state index contributed by atoms with van der Waals surface area (Å²) < 4.78 is 22.9. The number of cyclic esters (lactones) is 2. The number of allylic oxidation sites excluding steroid dienone is 1. The standard InChI is InChI=1S/C78H104N8O15/c1-10-11-12-20-42-79-68(89)49-55-34-32-53(33-35-55)47-59-73(93)85-45-24-30-60(85)75(95)84(7)62(46-52(2)3)74(94)83(6)43-21-14-13-18-31-69(90)100-51-78(4,5)71(91)76(96)86-44-22-19-29-61(86)77(97)101-63(38-36-54-37-39-64(98-8)65(48-54)99-9)57-27-23-28-58(50-57)80-66(87)40-41-67(88)82-70(72(92)81-59)56-25-16-15-17-26-56/h15-18,23,25-28,31-35,37,39,48,50,52,59-63,70H,10-14,19-22,24,29-30,36,38,40-47,49,51H2,1-9H3,(H,79,89)(H,80,87)(H,81,92)(H,82,88)/b31-18+/t59-,60+,61-,62-,63+,70-/m0/s1. The Morgan fingerprint density at radius 2 is 1.37 bits per heavy atom. The Balaban J connectivity index is 1.18. The molecule has 8 amide bonds. The van der Waals surface area contributed by atoms with E-state index >= 15 is 9.59 Å². The van der Waals surface area contributed by atoms with Gasteiger partial charge >= 0.3 is 11.9 Å². The SMILES string of the molecule is CCCCCCNC(=O)Cc1ccc(C[C@@H]2NC(=O)[C@H](c3ccccc3)NC(=O)CCC(=O)Nc3cccc(c3)[C@@H](CCc3ccc(OC)c(OC)c3)OC(=O)[C@@H]3CCCCN3C(=O)C(=O)C(C)(C)COC(=O)/C=C/CCCCN(C)C(=O)[C@H](CC(C)C)N(C)C(=O)[C@H]3CCCN3C2=O)cc1. The quantitative estimate of drug-likeness (QED) is 0.0436. The predicted molar refractivity (Wildman–Crippen MR) is 382 cm³/mol. The Hall–Kier alpha value is -9.41. The minimum Gasteiger partial charge on any atom is -0.493 e. The normalized spacial score (nSPS) is 22.2. The predicted octanol–water partition coefficient (Wildman–Crippen LogP) is 9.05. The van der Waals surface area contributed by atoms with Crippen molar-refractivity contribution >= 4 is 70.7 Å². The molecule has 101 heavy (non-hydrogen) atoms. The van der Waals surface area contributed by atoms with Crippen molar-refractivity contribution < 1.29 is 71.7 Å². The first kappa shape index (κ1) is 78.9. The highest BCUT2D eigenvalue weighted by atomic mass is 16.5. The van der Waals surface area contributed by atoms with Crippen molar-refractivity contribution in [2.45, 2.75) is 193 Å². The molecule has 3 aliphatic rings. The number of ether oxygens (including phenoxy) is 4. The number of hydrogen-bond acceptors (Lipinski definition) is 15. The molecule has 4 aromatic carbocycles. The second kappa shape index (κ2) is 39.0. The van der Waals surface area contributed by atoms with E-state index in [1.54, 1.807) is 110 Å². The molecule has 3 aliphatic heterocycles. The van der Waals surface area contributed by atoms with Crippen molar-refractivity contribution in [1.82, 2.24) is 35.6 Å². The van der Waals surface area contributed by atoms with Crippen LogP contribution in [0.5, 0.6) is 11.5 Å². The number of hydrogen-bond donors (Lipinski definition) is 4. The Morgan fingerprint density at radius 1 is 0.683 bits per heavy atom. The van der Waals surface area contributed by atoms with Crippen LogP contribution in [-0.2, 0) is 81.5 Å². The molecular weight excluding hydrogens is 1290 g/mol. The second-order valence-electron chi connectivity index (χ2n) is 27.7. The minimum absolute atomic E-state index is 0.0124. The van der Waals surface area contributed by atoms with Crippen molar-refractivity contribution in [2.75, 3.05) is 66.4 Å². The summed E-state index contributed by atoms with van der Waals surface area (Å²) in [7, 11) is 6.29. The van der Waals surface area contributed by atoms with Gasteiger partial charge in [-0.1, -0.05) is 119 Å². The molecule has 4 N–H and O–H groups in total. The molecule has 0 aromatic heterocycles. The number of amides is 8. The highest BCUT2D eigenvalue weighted by Crippen LogP contribution is 2.34. The third-order valence-electron chi connectivity index (χ3n) is 18.8. The molecule has 2 bridgehead atoms. The lowest BCUT2D eigenvalue weighted by atomic mass is 9.87. The molecule has 0 saturated carbocycles. The molecule has 0 radical (unpaired) electrons. The summed E-state index contributed by atoms with van der Waals surface area (Å²) in [6, 6.07) is 22.1. The van der Waals surface area contributed by atoms with Crippen LogP contribution in [0, 0.1) is 11.3 Å². The van der Waals surface area contributed by atoms with Gasteiger partial charge in [-0.2, -0.15) is 0 Å². The fraction of sp³-hybridized carbons (Fsp3) is 0.526. The summed E-state index contributed by atoms with van der Waals surface area (Å²) in [5.74, 6) is -5.62. The maximum Gasteiger partial charge on any atom is 0.330 e. The van der Waals surface area contributed by atoms with E-state index in [1.165, 1.54) is 48.8 Å². The van der Waals surface area contributed by atoms with E-state index < -0.39 is 101 Å². The molecule has 2 saturated heterocycles. The van der Waals surface area contributed by atoms with E-state index in [0.717, 1.165) is 36.8 Å². The number of likely N-dealkylation sites (N-methyl/N-ethyl adjacent to an activating group) is 2. The van der Waals surface area contributed by atoms with E-state index in [2.05, 4.69) is 28.2 Å². The summed E-state index contributed by atoms with van der Waals surface area (Å²) in [6.45, 7) is 9.77. The van der Waals surface area contributed by atoms with Gasteiger partial charge in [0, 0.05) is 71.3 Å². The first-order valence-electron chi connectivity index (χ1n) is 35.7. The van der Waals surface area contributed by atoms with E-state index in [0.29, 0.717) is 105 Å². The van der Waals surface area contributed by atoms with Gasteiger partial charge in [-0.15, -0.1) is 0 Å². The zero-order valence-corrected chi connectivity index (χ0v) is 60.3. The number of unbranched alkanes of at least 4 members (excludes halogenated alkanes) is 3. The number of methoxy groups -OCH3 is 2. The van der Waals surface area contributed by atoms with Crippen molar-refractivity contribution in [1.29, 1.82) is 0 Å². The number of fused-ring (bicyclic) bond motifs is 4. The molecule has 23 heteroatoms. The molecule has 0 unspecified atom stereocenters. The van der Waals surface area contributed by atoms with E-state index in [1.807, 2.05) is 26.0 Å². The molecule has 7 rings (SSSR count). The Bertz CT molecular complexity index is 3540. The van der Waals surface area contributed by atoms with Gasteiger partial charge in [0.1, 0.15) is 42.9 Å². The molecule has 3 heterocycles. The molecule has 0 aliphatic carbocycles. The number of rotatable bonds is 17. The fourth-order valence-electron chi connectivity index (χ4n) is 12.9. The van der Waals surface area contributed by atoms with Crippen LogP contribution in [-0.4, -0.2) is 170 Å². The molecular formula is C78H104N8O15. The monoisotopic (exact) mass is 1390 g/mol. The second-order valence-corrected chi connectivity index (χ2v) is 27.7. The number of ketones is 1. The summed E-state index contributed by atoms with van der Waals surface area (Å²) in [5, 5.41) is 11.6. The molecule has 546 valence electrons. The highest BCUT2D eigenvalue weighted by Gasteiger charge is 2.44. The number of nitrogens with zero attached hydrogens (tertiary/aromatic N) is 4. The first-order chi connectivity index (χ1) is 48.4. The molecule has 2 fully saturated rings. The number of carbonyl (C=O) groups excluding carboxylic acids is 11. The summed E-state index contributed by atoms with van der Waals surface area (Å²) in [6.07, 6.45) is 9.88. The summed E-state index contributed by atoms with van der Waals surface area (Å²) >= 11 is 0.